The molecule has 0 aromatic heterocycles. The quantitative estimate of drug-likeness (QED) is 0.871. The minimum atomic E-state index is -0.282. The van der Waals surface area contributed by atoms with Gasteiger partial charge in [-0.15, -0.1) is 0 Å². The molecule has 1 aliphatic rings. The van der Waals surface area contributed by atoms with Gasteiger partial charge in [-0.2, -0.15) is 5.10 Å². The number of hydrogen-bond donors (Lipinski definition) is 1. The summed E-state index contributed by atoms with van der Waals surface area (Å²) in [6.45, 7) is 1.96. The molecule has 5 nitrogen and oxygen atoms in total. The summed E-state index contributed by atoms with van der Waals surface area (Å²) < 4.78 is 0.914. The molecule has 1 heterocycles. The molecule has 0 aliphatic carbocycles. The molecule has 1 aliphatic heterocycles. The normalized spacial score (nSPS) is 14.3. The van der Waals surface area contributed by atoms with Crippen LogP contribution in [-0.2, 0) is 9.59 Å². The molecule has 0 unspecified atom stereocenters. The summed E-state index contributed by atoms with van der Waals surface area (Å²) in [5.74, 6) is -0.403. The van der Waals surface area contributed by atoms with E-state index in [1.807, 2.05) is 43.3 Å². The standard InChI is InChI=1S/C18H16BrN3O2/c1-12-3-2-4-14(11-12)20-18(24)16-9-10-17(23)22(21-16)15-7-5-13(19)6-8-15/h2-8,11H,9-10H2,1H3,(H,20,24). The van der Waals surface area contributed by atoms with Crippen LogP contribution in [0.2, 0.25) is 0 Å². The van der Waals surface area contributed by atoms with Crippen molar-refractivity contribution in [3.8, 4) is 0 Å². The molecule has 0 radical (unpaired) electrons. The van der Waals surface area contributed by atoms with Crippen molar-refractivity contribution < 1.29 is 9.59 Å². The zero-order chi connectivity index (χ0) is 17.1. The van der Waals surface area contributed by atoms with E-state index in [0.29, 0.717) is 17.8 Å². The van der Waals surface area contributed by atoms with Crippen LogP contribution in [0.1, 0.15) is 18.4 Å². The smallest absolute Gasteiger partial charge is 0.271 e. The SMILES string of the molecule is Cc1cccc(NC(=O)C2=NN(c3ccc(Br)cc3)C(=O)CC2)c1. The van der Waals surface area contributed by atoms with Gasteiger partial charge in [0.05, 0.1) is 5.69 Å². The first-order valence-electron chi connectivity index (χ1n) is 7.57. The minimum Gasteiger partial charge on any atom is -0.321 e. The van der Waals surface area contributed by atoms with Gasteiger partial charge in [0, 0.05) is 23.0 Å². The number of hydrazone groups is 1. The van der Waals surface area contributed by atoms with Crippen molar-refractivity contribution in [2.75, 3.05) is 10.3 Å². The van der Waals surface area contributed by atoms with Crippen molar-refractivity contribution in [2.45, 2.75) is 19.8 Å². The van der Waals surface area contributed by atoms with E-state index in [0.717, 1.165) is 15.7 Å². The molecule has 24 heavy (non-hydrogen) atoms. The third kappa shape index (κ3) is 3.71. The average molecular weight is 386 g/mol. The maximum atomic E-state index is 12.4. The number of amides is 2. The monoisotopic (exact) mass is 385 g/mol. The molecule has 0 atom stereocenters. The Balaban J connectivity index is 1.82. The lowest BCUT2D eigenvalue weighted by Crippen LogP contribution is -2.36. The summed E-state index contributed by atoms with van der Waals surface area (Å²) in [4.78, 5) is 24.6. The van der Waals surface area contributed by atoms with E-state index in [4.69, 9.17) is 0 Å². The van der Waals surface area contributed by atoms with Gasteiger partial charge in [0.1, 0.15) is 5.71 Å². The fourth-order valence-electron chi connectivity index (χ4n) is 2.43. The number of nitrogens with one attached hydrogen (secondary N) is 1. The summed E-state index contributed by atoms with van der Waals surface area (Å²) in [5.41, 5.74) is 2.77. The Morgan fingerprint density at radius 1 is 1.17 bits per heavy atom. The number of aryl methyl sites for hydroxylation is 1. The molecule has 2 amide bonds. The third-order valence-electron chi connectivity index (χ3n) is 3.64. The van der Waals surface area contributed by atoms with Crippen molar-refractivity contribution in [1.82, 2.24) is 0 Å². The van der Waals surface area contributed by atoms with Crippen molar-refractivity contribution in [2.24, 2.45) is 5.10 Å². The molecular weight excluding hydrogens is 370 g/mol. The number of nitrogens with zero attached hydrogens (tertiary/aromatic N) is 2. The van der Waals surface area contributed by atoms with E-state index in [1.165, 1.54) is 5.01 Å². The molecule has 122 valence electrons. The number of carbonyl (C=O) groups excluding carboxylic acids is 2. The van der Waals surface area contributed by atoms with Gasteiger partial charge in [-0.05, 0) is 48.9 Å². The zero-order valence-corrected chi connectivity index (χ0v) is 14.7. The van der Waals surface area contributed by atoms with Gasteiger partial charge in [-0.1, -0.05) is 28.1 Å². The number of carbonyl (C=O) groups is 2. The second-order valence-corrected chi connectivity index (χ2v) is 6.47. The lowest BCUT2D eigenvalue weighted by Gasteiger charge is -2.23. The van der Waals surface area contributed by atoms with Gasteiger partial charge in [-0.3, -0.25) is 9.59 Å². The Labute approximate surface area is 148 Å². The summed E-state index contributed by atoms with van der Waals surface area (Å²) >= 11 is 3.36. The molecule has 0 saturated heterocycles. The van der Waals surface area contributed by atoms with E-state index in [2.05, 4.69) is 26.3 Å². The Kier molecular flexibility index (Phi) is 4.76. The van der Waals surface area contributed by atoms with Gasteiger partial charge >= 0.3 is 0 Å². The fraction of sp³-hybridized carbons (Fsp3) is 0.167. The Morgan fingerprint density at radius 2 is 1.92 bits per heavy atom. The van der Waals surface area contributed by atoms with Gasteiger partial charge in [0.25, 0.3) is 5.91 Å². The second-order valence-electron chi connectivity index (χ2n) is 5.55. The Bertz CT molecular complexity index is 815. The van der Waals surface area contributed by atoms with E-state index in [9.17, 15) is 9.59 Å². The molecule has 2 aromatic carbocycles. The first-order chi connectivity index (χ1) is 11.5. The highest BCUT2D eigenvalue weighted by Crippen LogP contribution is 2.23. The predicted octanol–water partition coefficient (Wildman–Crippen LogP) is 3.88. The number of anilines is 2. The van der Waals surface area contributed by atoms with Crippen LogP contribution in [0.25, 0.3) is 0 Å². The van der Waals surface area contributed by atoms with Gasteiger partial charge in [0.15, 0.2) is 0 Å². The Hall–Kier alpha value is -2.47. The second kappa shape index (κ2) is 6.97. The predicted molar refractivity (Wildman–Crippen MR) is 98.1 cm³/mol. The Morgan fingerprint density at radius 3 is 2.62 bits per heavy atom. The van der Waals surface area contributed by atoms with E-state index >= 15 is 0 Å². The highest BCUT2D eigenvalue weighted by atomic mass is 79.9. The molecule has 0 fully saturated rings. The zero-order valence-electron chi connectivity index (χ0n) is 13.1. The first-order valence-corrected chi connectivity index (χ1v) is 8.36. The van der Waals surface area contributed by atoms with Crippen molar-refractivity contribution in [3.05, 3.63) is 58.6 Å². The van der Waals surface area contributed by atoms with Gasteiger partial charge < -0.3 is 5.32 Å². The third-order valence-corrected chi connectivity index (χ3v) is 4.17. The molecule has 6 heteroatoms. The first kappa shape index (κ1) is 16.4. The summed E-state index contributed by atoms with van der Waals surface area (Å²) in [7, 11) is 0. The maximum Gasteiger partial charge on any atom is 0.271 e. The number of hydrogen-bond acceptors (Lipinski definition) is 3. The van der Waals surface area contributed by atoms with Crippen molar-refractivity contribution in [1.29, 1.82) is 0 Å². The number of benzene rings is 2. The number of halogens is 1. The van der Waals surface area contributed by atoms with E-state index in [-0.39, 0.29) is 18.2 Å². The lowest BCUT2D eigenvalue weighted by atomic mass is 10.1. The molecule has 2 aromatic rings. The van der Waals surface area contributed by atoms with Crippen LogP contribution in [0.15, 0.2) is 58.1 Å². The van der Waals surface area contributed by atoms with E-state index < -0.39 is 0 Å². The molecule has 3 rings (SSSR count). The van der Waals surface area contributed by atoms with Gasteiger partial charge in [0.2, 0.25) is 5.91 Å². The van der Waals surface area contributed by atoms with Crippen molar-refractivity contribution >= 4 is 44.8 Å². The lowest BCUT2D eigenvalue weighted by molar-refractivity contribution is -0.118. The largest absolute Gasteiger partial charge is 0.321 e. The van der Waals surface area contributed by atoms with Crippen LogP contribution in [-0.4, -0.2) is 17.5 Å². The molecule has 1 N–H and O–H groups in total. The van der Waals surface area contributed by atoms with Crippen LogP contribution in [0.3, 0.4) is 0 Å². The molecule has 0 saturated carbocycles. The van der Waals surface area contributed by atoms with Crippen LogP contribution in [0.4, 0.5) is 11.4 Å². The summed E-state index contributed by atoms with van der Waals surface area (Å²) in [5, 5.41) is 8.38. The average Bonchev–Trinajstić information content (AvgIpc) is 2.56. The molecular formula is C18H16BrN3O2. The van der Waals surface area contributed by atoms with Gasteiger partial charge in [-0.25, -0.2) is 5.01 Å². The van der Waals surface area contributed by atoms with Crippen LogP contribution in [0, 0.1) is 6.92 Å². The van der Waals surface area contributed by atoms with Crippen molar-refractivity contribution in [3.63, 3.8) is 0 Å². The highest BCUT2D eigenvalue weighted by molar-refractivity contribution is 9.10. The summed E-state index contributed by atoms with van der Waals surface area (Å²) in [6, 6.07) is 14.8. The summed E-state index contributed by atoms with van der Waals surface area (Å²) in [6.07, 6.45) is 0.597. The fourth-order valence-corrected chi connectivity index (χ4v) is 2.69. The van der Waals surface area contributed by atoms with E-state index in [1.54, 1.807) is 12.1 Å². The number of rotatable bonds is 3. The highest BCUT2D eigenvalue weighted by Gasteiger charge is 2.25. The van der Waals surface area contributed by atoms with Crippen LogP contribution in [0.5, 0.6) is 0 Å². The van der Waals surface area contributed by atoms with Crippen LogP contribution >= 0.6 is 15.9 Å². The topological polar surface area (TPSA) is 61.8 Å². The maximum absolute atomic E-state index is 12.4. The molecule has 0 bridgehead atoms. The minimum absolute atomic E-state index is 0.121. The molecule has 0 spiro atoms. The van der Waals surface area contributed by atoms with Crippen LogP contribution < -0.4 is 10.3 Å².